The number of nitrogens with zero attached hydrogens (tertiary/aromatic N) is 2. The van der Waals surface area contributed by atoms with E-state index in [9.17, 15) is 0 Å². The highest BCUT2D eigenvalue weighted by atomic mass is 16.5. The van der Waals surface area contributed by atoms with Crippen molar-refractivity contribution in [3.63, 3.8) is 0 Å². The Bertz CT molecular complexity index is 351. The van der Waals surface area contributed by atoms with Crippen LogP contribution in [0, 0.1) is 0 Å². The first-order chi connectivity index (χ1) is 8.33. The van der Waals surface area contributed by atoms with E-state index in [1.165, 1.54) is 6.42 Å². The Balaban J connectivity index is 2.04. The lowest BCUT2D eigenvalue weighted by molar-refractivity contribution is 0.115. The maximum absolute atomic E-state index is 9.10. The topological polar surface area (TPSA) is 45.6 Å². The maximum atomic E-state index is 9.10. The zero-order valence-electron chi connectivity index (χ0n) is 10.3. The lowest BCUT2D eigenvalue weighted by atomic mass is 10.2. The van der Waals surface area contributed by atoms with Crippen LogP contribution in [0.5, 0.6) is 0 Å². The molecule has 1 aliphatic rings. The molecule has 0 spiro atoms. The van der Waals surface area contributed by atoms with Gasteiger partial charge in [-0.05, 0) is 31.9 Å². The van der Waals surface area contributed by atoms with Gasteiger partial charge in [0.15, 0.2) is 0 Å². The standard InChI is InChI=1S/C13H20N2O2/c1-2-15(9-13-4-3-7-17-13)12-5-6-14-11(8-12)10-16/h5-6,8,13,16H,2-4,7,9-10H2,1H3. The number of aliphatic hydroxyl groups excluding tert-OH is 1. The second kappa shape index (κ2) is 5.98. The summed E-state index contributed by atoms with van der Waals surface area (Å²) >= 11 is 0. The third-order valence-electron chi connectivity index (χ3n) is 3.16. The van der Waals surface area contributed by atoms with Gasteiger partial charge in [0, 0.05) is 31.6 Å². The summed E-state index contributed by atoms with van der Waals surface area (Å²) in [5.41, 5.74) is 1.83. The molecule has 0 aliphatic carbocycles. The van der Waals surface area contributed by atoms with E-state index in [-0.39, 0.29) is 6.61 Å². The van der Waals surface area contributed by atoms with Gasteiger partial charge in [-0.25, -0.2) is 0 Å². The average molecular weight is 236 g/mol. The van der Waals surface area contributed by atoms with Crippen molar-refractivity contribution in [3.05, 3.63) is 24.0 Å². The minimum atomic E-state index is -0.00861. The molecule has 4 heteroatoms. The van der Waals surface area contributed by atoms with Gasteiger partial charge >= 0.3 is 0 Å². The van der Waals surface area contributed by atoms with Crippen LogP contribution in [0.15, 0.2) is 18.3 Å². The van der Waals surface area contributed by atoms with Crippen LogP contribution in [0.1, 0.15) is 25.5 Å². The van der Waals surface area contributed by atoms with Gasteiger partial charge in [0.2, 0.25) is 0 Å². The number of anilines is 1. The minimum Gasteiger partial charge on any atom is -0.390 e. The molecule has 0 saturated carbocycles. The number of aliphatic hydroxyl groups is 1. The van der Waals surface area contributed by atoms with Gasteiger partial charge in [0.05, 0.1) is 18.4 Å². The fraction of sp³-hybridized carbons (Fsp3) is 0.615. The maximum Gasteiger partial charge on any atom is 0.0853 e. The van der Waals surface area contributed by atoms with Gasteiger partial charge in [-0.3, -0.25) is 4.98 Å². The molecule has 0 amide bonds. The molecule has 17 heavy (non-hydrogen) atoms. The molecule has 0 radical (unpaired) electrons. The predicted octanol–water partition coefficient (Wildman–Crippen LogP) is 1.58. The second-order valence-corrected chi connectivity index (χ2v) is 4.34. The summed E-state index contributed by atoms with van der Waals surface area (Å²) in [4.78, 5) is 6.37. The van der Waals surface area contributed by atoms with Crippen molar-refractivity contribution in [2.24, 2.45) is 0 Å². The largest absolute Gasteiger partial charge is 0.390 e. The van der Waals surface area contributed by atoms with E-state index in [1.807, 2.05) is 12.1 Å². The Kier molecular flexibility index (Phi) is 4.34. The fourth-order valence-corrected chi connectivity index (χ4v) is 2.20. The molecule has 1 aromatic rings. The van der Waals surface area contributed by atoms with Crippen LogP contribution in [0.2, 0.25) is 0 Å². The van der Waals surface area contributed by atoms with Gasteiger partial charge < -0.3 is 14.7 Å². The van der Waals surface area contributed by atoms with Crippen LogP contribution in [0.3, 0.4) is 0 Å². The highest BCUT2D eigenvalue weighted by molar-refractivity contribution is 5.46. The molecule has 4 nitrogen and oxygen atoms in total. The molecule has 1 aliphatic heterocycles. The first kappa shape index (κ1) is 12.3. The fourth-order valence-electron chi connectivity index (χ4n) is 2.20. The van der Waals surface area contributed by atoms with Crippen LogP contribution in [0.4, 0.5) is 5.69 Å². The highest BCUT2D eigenvalue weighted by Gasteiger charge is 2.18. The number of hydrogen-bond acceptors (Lipinski definition) is 4. The lowest BCUT2D eigenvalue weighted by Crippen LogP contribution is -2.32. The van der Waals surface area contributed by atoms with Crippen molar-refractivity contribution in [2.45, 2.75) is 32.5 Å². The highest BCUT2D eigenvalue weighted by Crippen LogP contribution is 2.19. The summed E-state index contributed by atoms with van der Waals surface area (Å²) in [7, 11) is 0. The Morgan fingerprint density at radius 3 is 3.12 bits per heavy atom. The SMILES string of the molecule is CCN(CC1CCCO1)c1ccnc(CO)c1. The van der Waals surface area contributed by atoms with E-state index < -0.39 is 0 Å². The average Bonchev–Trinajstić information content (AvgIpc) is 2.89. The van der Waals surface area contributed by atoms with Crippen molar-refractivity contribution >= 4 is 5.69 Å². The quantitative estimate of drug-likeness (QED) is 0.843. The van der Waals surface area contributed by atoms with Gasteiger partial charge in [0.1, 0.15) is 0 Å². The monoisotopic (exact) mass is 236 g/mol. The molecular weight excluding hydrogens is 216 g/mol. The number of rotatable bonds is 5. The van der Waals surface area contributed by atoms with Gasteiger partial charge in [0.25, 0.3) is 0 Å². The van der Waals surface area contributed by atoms with Gasteiger partial charge in [-0.15, -0.1) is 0 Å². The van der Waals surface area contributed by atoms with E-state index in [1.54, 1.807) is 6.20 Å². The number of hydrogen-bond donors (Lipinski definition) is 1. The first-order valence-electron chi connectivity index (χ1n) is 6.25. The molecule has 1 saturated heterocycles. The predicted molar refractivity (Wildman–Crippen MR) is 67.0 cm³/mol. The van der Waals surface area contributed by atoms with Crippen molar-refractivity contribution in [3.8, 4) is 0 Å². The molecule has 1 N–H and O–H groups in total. The first-order valence-corrected chi connectivity index (χ1v) is 6.25. The summed E-state index contributed by atoms with van der Waals surface area (Å²) in [6, 6.07) is 3.93. The summed E-state index contributed by atoms with van der Waals surface area (Å²) in [6.45, 7) is 4.87. The Morgan fingerprint density at radius 2 is 2.47 bits per heavy atom. The summed E-state index contributed by atoms with van der Waals surface area (Å²) < 4.78 is 5.66. The normalized spacial score (nSPS) is 19.5. The third-order valence-corrected chi connectivity index (χ3v) is 3.16. The Labute approximate surface area is 102 Å². The van der Waals surface area contributed by atoms with Crippen molar-refractivity contribution in [2.75, 3.05) is 24.6 Å². The smallest absolute Gasteiger partial charge is 0.0853 e. The molecule has 0 aromatic carbocycles. The van der Waals surface area contributed by atoms with E-state index >= 15 is 0 Å². The van der Waals surface area contributed by atoms with Crippen molar-refractivity contribution < 1.29 is 9.84 Å². The van der Waals surface area contributed by atoms with E-state index in [0.717, 1.165) is 31.8 Å². The summed E-state index contributed by atoms with van der Waals surface area (Å²) in [6.07, 6.45) is 4.41. The van der Waals surface area contributed by atoms with Crippen molar-refractivity contribution in [1.29, 1.82) is 0 Å². The van der Waals surface area contributed by atoms with Crippen LogP contribution in [0.25, 0.3) is 0 Å². The molecular formula is C13H20N2O2. The Hall–Kier alpha value is -1.13. The van der Waals surface area contributed by atoms with Crippen LogP contribution in [-0.2, 0) is 11.3 Å². The second-order valence-electron chi connectivity index (χ2n) is 4.34. The third kappa shape index (κ3) is 3.17. The van der Waals surface area contributed by atoms with Crippen LogP contribution < -0.4 is 4.90 Å². The number of ether oxygens (including phenoxy) is 1. The molecule has 1 fully saturated rings. The zero-order valence-corrected chi connectivity index (χ0v) is 10.3. The molecule has 2 heterocycles. The minimum absolute atomic E-state index is 0.00861. The van der Waals surface area contributed by atoms with E-state index in [2.05, 4.69) is 16.8 Å². The molecule has 94 valence electrons. The Morgan fingerprint density at radius 1 is 1.59 bits per heavy atom. The number of likely N-dealkylation sites (N-methyl/N-ethyl adjacent to an activating group) is 1. The van der Waals surface area contributed by atoms with E-state index in [0.29, 0.717) is 11.8 Å². The molecule has 1 unspecified atom stereocenters. The molecule has 1 atom stereocenters. The summed E-state index contributed by atoms with van der Waals surface area (Å²) in [5.74, 6) is 0. The zero-order chi connectivity index (χ0) is 12.1. The molecule has 1 aromatic heterocycles. The number of pyridine rings is 1. The lowest BCUT2D eigenvalue weighted by Gasteiger charge is -2.26. The number of aromatic nitrogens is 1. The van der Waals surface area contributed by atoms with Crippen LogP contribution >= 0.6 is 0 Å². The van der Waals surface area contributed by atoms with Gasteiger partial charge in [-0.1, -0.05) is 0 Å². The molecule has 0 bridgehead atoms. The van der Waals surface area contributed by atoms with Crippen molar-refractivity contribution in [1.82, 2.24) is 4.98 Å². The van der Waals surface area contributed by atoms with Crippen LogP contribution in [-0.4, -0.2) is 35.9 Å². The molecule has 2 rings (SSSR count). The summed E-state index contributed by atoms with van der Waals surface area (Å²) in [5, 5.41) is 9.10. The van der Waals surface area contributed by atoms with Gasteiger partial charge in [-0.2, -0.15) is 0 Å². The van der Waals surface area contributed by atoms with E-state index in [4.69, 9.17) is 9.84 Å².